The van der Waals surface area contributed by atoms with Gasteiger partial charge in [-0.2, -0.15) is 0 Å². The van der Waals surface area contributed by atoms with Crippen LogP contribution in [0.5, 0.6) is 11.5 Å². The van der Waals surface area contributed by atoms with Gasteiger partial charge in [-0.05, 0) is 87.8 Å². The lowest BCUT2D eigenvalue weighted by Gasteiger charge is -2.43. The van der Waals surface area contributed by atoms with E-state index in [-0.39, 0.29) is 5.75 Å². The average Bonchev–Trinajstić information content (AvgIpc) is 2.96. The summed E-state index contributed by atoms with van der Waals surface area (Å²) in [4.78, 5) is 7.55. The first kappa shape index (κ1) is 24.7. The molecule has 192 valence electrons. The van der Waals surface area contributed by atoms with Gasteiger partial charge in [-0.1, -0.05) is 60.7 Å². The van der Waals surface area contributed by atoms with E-state index in [1.807, 2.05) is 25.3 Å². The van der Waals surface area contributed by atoms with Gasteiger partial charge < -0.3 is 14.7 Å². The van der Waals surface area contributed by atoms with Gasteiger partial charge in [0.15, 0.2) is 11.5 Å². The molecule has 0 saturated carbocycles. The van der Waals surface area contributed by atoms with Crippen molar-refractivity contribution in [2.75, 3.05) is 24.6 Å². The number of anilines is 1. The number of hydrogen-bond donors (Lipinski definition) is 1. The molecule has 2 atom stereocenters. The summed E-state index contributed by atoms with van der Waals surface area (Å²) in [5.41, 5.74) is 8.68. The standard InChI is InChI=1S/C33H31BrN2O2/c1-2-38-31-18-22(17-30(34)33(31)37)21-35-25-19-28-26(23-9-5-3-6-10-23)13-15-36-16-14-27(29(20-25)32(28)36)24-11-7-4-8-12-24/h3-12,17-21,26-27,37H,2,13-16H2,1H3/t26-,27-/m1/s1. The van der Waals surface area contributed by atoms with Crippen LogP contribution in [0.2, 0.25) is 0 Å². The summed E-state index contributed by atoms with van der Waals surface area (Å²) in [6, 6.07) is 30.0. The summed E-state index contributed by atoms with van der Waals surface area (Å²) in [6.45, 7) is 4.53. The molecule has 2 aliphatic heterocycles. The molecule has 0 aromatic heterocycles. The lowest BCUT2D eigenvalue weighted by Crippen LogP contribution is -2.37. The Balaban J connectivity index is 1.47. The molecule has 5 heteroatoms. The Bertz CT molecular complexity index is 1400. The van der Waals surface area contributed by atoms with Crippen LogP contribution in [0.4, 0.5) is 11.4 Å². The van der Waals surface area contributed by atoms with Crippen molar-refractivity contribution in [1.82, 2.24) is 0 Å². The molecule has 0 fully saturated rings. The first-order valence-electron chi connectivity index (χ1n) is 13.3. The summed E-state index contributed by atoms with van der Waals surface area (Å²) in [5, 5.41) is 10.3. The van der Waals surface area contributed by atoms with Crippen LogP contribution in [0.25, 0.3) is 0 Å². The minimum Gasteiger partial charge on any atom is -0.503 e. The number of halogens is 1. The minimum atomic E-state index is 0.110. The van der Waals surface area contributed by atoms with Gasteiger partial charge in [0.1, 0.15) is 0 Å². The smallest absolute Gasteiger partial charge is 0.172 e. The van der Waals surface area contributed by atoms with Crippen LogP contribution in [0.15, 0.2) is 94.4 Å². The van der Waals surface area contributed by atoms with Crippen LogP contribution >= 0.6 is 15.9 Å². The van der Waals surface area contributed by atoms with Crippen LogP contribution in [0.3, 0.4) is 0 Å². The molecule has 0 aliphatic carbocycles. The molecule has 0 radical (unpaired) electrons. The van der Waals surface area contributed by atoms with Crippen molar-refractivity contribution < 1.29 is 9.84 Å². The Labute approximate surface area is 232 Å². The molecule has 0 saturated heterocycles. The molecule has 2 heterocycles. The number of aliphatic imine (C=N–C) groups is 1. The molecule has 2 aliphatic rings. The fourth-order valence-corrected chi connectivity index (χ4v) is 6.46. The number of hydrogen-bond acceptors (Lipinski definition) is 4. The second-order valence-corrected chi connectivity index (χ2v) is 10.9. The Morgan fingerprint density at radius 3 is 2.03 bits per heavy atom. The lowest BCUT2D eigenvalue weighted by molar-refractivity contribution is 0.317. The van der Waals surface area contributed by atoms with Gasteiger partial charge in [0.25, 0.3) is 0 Å². The van der Waals surface area contributed by atoms with Crippen molar-refractivity contribution in [3.05, 3.63) is 117 Å². The number of aromatic hydroxyl groups is 1. The summed E-state index contributed by atoms with van der Waals surface area (Å²) in [5.74, 6) is 1.25. The Kier molecular flexibility index (Phi) is 6.94. The Morgan fingerprint density at radius 2 is 1.47 bits per heavy atom. The largest absolute Gasteiger partial charge is 0.503 e. The summed E-state index contributed by atoms with van der Waals surface area (Å²) >= 11 is 3.45. The third-order valence-electron chi connectivity index (χ3n) is 7.71. The summed E-state index contributed by atoms with van der Waals surface area (Å²) in [6.07, 6.45) is 4.06. The van der Waals surface area contributed by atoms with Crippen LogP contribution in [-0.4, -0.2) is 31.0 Å². The van der Waals surface area contributed by atoms with Crippen LogP contribution < -0.4 is 9.64 Å². The highest BCUT2D eigenvalue weighted by atomic mass is 79.9. The van der Waals surface area contributed by atoms with Gasteiger partial charge >= 0.3 is 0 Å². The summed E-state index contributed by atoms with van der Waals surface area (Å²) < 4.78 is 6.21. The van der Waals surface area contributed by atoms with Crippen molar-refractivity contribution in [2.45, 2.75) is 31.6 Å². The maximum atomic E-state index is 10.3. The molecular formula is C33H31BrN2O2. The van der Waals surface area contributed by atoms with E-state index in [4.69, 9.17) is 9.73 Å². The summed E-state index contributed by atoms with van der Waals surface area (Å²) in [7, 11) is 0. The predicted octanol–water partition coefficient (Wildman–Crippen LogP) is 8.18. The van der Waals surface area contributed by atoms with Gasteiger partial charge in [-0.15, -0.1) is 0 Å². The Hall–Kier alpha value is -3.57. The zero-order valence-electron chi connectivity index (χ0n) is 21.5. The number of nitrogens with zero attached hydrogens (tertiary/aromatic N) is 2. The molecule has 38 heavy (non-hydrogen) atoms. The van der Waals surface area contributed by atoms with Gasteiger partial charge in [0.05, 0.1) is 16.8 Å². The van der Waals surface area contributed by atoms with Gasteiger partial charge in [-0.25, -0.2) is 0 Å². The zero-order valence-corrected chi connectivity index (χ0v) is 23.1. The second-order valence-electron chi connectivity index (χ2n) is 10.0. The predicted molar refractivity (Wildman–Crippen MR) is 159 cm³/mol. The molecule has 0 amide bonds. The monoisotopic (exact) mass is 566 g/mol. The van der Waals surface area contributed by atoms with E-state index in [9.17, 15) is 5.11 Å². The molecular weight excluding hydrogens is 536 g/mol. The van der Waals surface area contributed by atoms with Crippen molar-refractivity contribution in [3.63, 3.8) is 0 Å². The lowest BCUT2D eigenvalue weighted by atomic mass is 9.76. The van der Waals surface area contributed by atoms with Crippen LogP contribution in [0.1, 0.15) is 59.4 Å². The molecule has 0 spiro atoms. The second kappa shape index (κ2) is 10.7. The number of benzene rings is 4. The molecule has 1 N–H and O–H groups in total. The van der Waals surface area contributed by atoms with Crippen molar-refractivity contribution in [1.29, 1.82) is 0 Å². The molecule has 0 bridgehead atoms. The SMILES string of the molecule is CCOc1cc(C=Nc2cc3c4c(c2)[C@@H](c2ccccc2)CCN4CC[C@@H]3c2ccccc2)cc(Br)c1O. The highest BCUT2D eigenvalue weighted by Gasteiger charge is 2.35. The highest BCUT2D eigenvalue weighted by Crippen LogP contribution is 2.50. The normalized spacial score (nSPS) is 18.4. The number of rotatable bonds is 6. The van der Waals surface area contributed by atoms with E-state index in [1.165, 1.54) is 27.9 Å². The molecule has 4 aromatic carbocycles. The zero-order chi connectivity index (χ0) is 26.1. The third kappa shape index (κ3) is 4.71. The van der Waals surface area contributed by atoms with Gasteiger partial charge in [0, 0.05) is 36.8 Å². The molecule has 4 nitrogen and oxygen atoms in total. The first-order chi connectivity index (χ1) is 18.6. The van der Waals surface area contributed by atoms with E-state index in [1.54, 1.807) is 0 Å². The van der Waals surface area contributed by atoms with E-state index in [0.717, 1.165) is 37.2 Å². The molecule has 0 unspecified atom stereocenters. The van der Waals surface area contributed by atoms with Crippen LogP contribution in [-0.2, 0) is 0 Å². The Morgan fingerprint density at radius 1 is 0.895 bits per heavy atom. The van der Waals surface area contributed by atoms with Crippen molar-refractivity contribution in [3.8, 4) is 11.5 Å². The quantitative estimate of drug-likeness (QED) is 0.239. The topological polar surface area (TPSA) is 45.1 Å². The fourth-order valence-electron chi connectivity index (χ4n) is 6.00. The number of ether oxygens (including phenoxy) is 1. The number of phenols is 1. The van der Waals surface area contributed by atoms with Crippen molar-refractivity contribution in [2.24, 2.45) is 4.99 Å². The van der Waals surface area contributed by atoms with Gasteiger partial charge in [-0.3, -0.25) is 4.99 Å². The highest BCUT2D eigenvalue weighted by molar-refractivity contribution is 9.10. The minimum absolute atomic E-state index is 0.110. The van der Waals surface area contributed by atoms with E-state index >= 15 is 0 Å². The van der Waals surface area contributed by atoms with E-state index in [0.29, 0.717) is 28.7 Å². The third-order valence-corrected chi connectivity index (χ3v) is 8.32. The first-order valence-corrected chi connectivity index (χ1v) is 14.1. The van der Waals surface area contributed by atoms with Gasteiger partial charge in [0.2, 0.25) is 0 Å². The van der Waals surface area contributed by atoms with Crippen LogP contribution in [0, 0.1) is 0 Å². The average molecular weight is 568 g/mol. The van der Waals surface area contributed by atoms with E-state index < -0.39 is 0 Å². The molecule has 4 aromatic rings. The fraction of sp³-hybridized carbons (Fsp3) is 0.242. The van der Waals surface area contributed by atoms with Crippen molar-refractivity contribution >= 4 is 33.5 Å². The van der Waals surface area contributed by atoms with E-state index in [2.05, 4.69) is 93.6 Å². The maximum absolute atomic E-state index is 10.3. The molecule has 6 rings (SSSR count). The maximum Gasteiger partial charge on any atom is 0.172 e. The number of phenolic OH excluding ortho intramolecular Hbond substituents is 1.